The van der Waals surface area contributed by atoms with Crippen LogP contribution in [0.2, 0.25) is 0 Å². The molecule has 0 aliphatic rings. The largest absolute Gasteiger partial charge is 2.00 e. The van der Waals surface area contributed by atoms with Crippen LogP contribution in [0.1, 0.15) is 13.8 Å². The molecule has 7 heavy (non-hydrogen) atoms. The van der Waals surface area contributed by atoms with Crippen molar-refractivity contribution in [2.75, 3.05) is 0 Å². The van der Waals surface area contributed by atoms with Crippen molar-refractivity contribution in [2.45, 2.75) is 13.8 Å². The Bertz CT molecular complexity index is 25.2. The molecule has 36 valence electrons. The summed E-state index contributed by atoms with van der Waals surface area (Å²) in [7, 11) is 0. The summed E-state index contributed by atoms with van der Waals surface area (Å²) in [4.78, 5) is 0. The fraction of sp³-hybridized carbons (Fsp3) is 0.333. The standard InChI is InChI=1S/2C3H5.Mg/c2*1-3-2;/h2*1H2,2H3;/q2*-1;+2. The predicted octanol–water partition coefficient (Wildman–Crippen LogP) is 1.61. The minimum atomic E-state index is 0. The summed E-state index contributed by atoms with van der Waals surface area (Å²) >= 11 is 0. The summed E-state index contributed by atoms with van der Waals surface area (Å²) in [6, 6.07) is 0. The molecule has 0 aliphatic carbocycles. The molecular weight excluding hydrogens is 96.4 g/mol. The fourth-order valence-electron chi connectivity index (χ4n) is 0. The van der Waals surface area contributed by atoms with Crippen LogP contribution in [0, 0.1) is 12.2 Å². The maximum atomic E-state index is 3.24. The van der Waals surface area contributed by atoms with E-state index in [9.17, 15) is 0 Å². The molecule has 1 heteroatoms. The number of hydrogen-bond donors (Lipinski definition) is 0. The van der Waals surface area contributed by atoms with Gasteiger partial charge in [-0.25, -0.2) is 0 Å². The van der Waals surface area contributed by atoms with Crippen molar-refractivity contribution in [1.82, 2.24) is 0 Å². The van der Waals surface area contributed by atoms with E-state index in [1.165, 1.54) is 0 Å². The van der Waals surface area contributed by atoms with Crippen molar-refractivity contribution in [2.24, 2.45) is 0 Å². The Labute approximate surface area is 62.5 Å². The Kier molecular flexibility index (Phi) is 76.3. The molecule has 0 amide bonds. The summed E-state index contributed by atoms with van der Waals surface area (Å²) in [5.74, 6) is 0. The van der Waals surface area contributed by atoms with Crippen molar-refractivity contribution >= 4 is 23.1 Å². The van der Waals surface area contributed by atoms with Gasteiger partial charge in [-0.1, -0.05) is 0 Å². The zero-order valence-electron chi connectivity index (χ0n) is 5.12. The molecule has 0 radical (unpaired) electrons. The van der Waals surface area contributed by atoms with Crippen molar-refractivity contribution < 1.29 is 0 Å². The third-order valence-electron chi connectivity index (χ3n) is 0. The van der Waals surface area contributed by atoms with Crippen LogP contribution in [0.15, 0.2) is 13.2 Å². The average Bonchev–Trinajstić information content (AvgIpc) is 1.39. The molecule has 0 saturated carbocycles. The molecule has 0 N–H and O–H groups in total. The van der Waals surface area contributed by atoms with Crippen LogP contribution in [0.4, 0.5) is 0 Å². The second kappa shape index (κ2) is 34.1. The first-order valence-electron chi connectivity index (χ1n) is 1.71. The van der Waals surface area contributed by atoms with E-state index >= 15 is 0 Å². The van der Waals surface area contributed by atoms with Gasteiger partial charge in [0.05, 0.1) is 0 Å². The van der Waals surface area contributed by atoms with E-state index in [0.717, 1.165) is 0 Å². The van der Waals surface area contributed by atoms with Crippen LogP contribution in [0.3, 0.4) is 0 Å². The first-order chi connectivity index (χ1) is 2.83. The molecule has 0 aromatic carbocycles. The Hall–Kier alpha value is 0.246. The summed E-state index contributed by atoms with van der Waals surface area (Å²) < 4.78 is 0. The van der Waals surface area contributed by atoms with Crippen LogP contribution < -0.4 is 0 Å². The minimum Gasteiger partial charge on any atom is -0.507 e. The Morgan fingerprint density at radius 2 is 1.00 bits per heavy atom. The van der Waals surface area contributed by atoms with Crippen LogP contribution in [0.5, 0.6) is 0 Å². The quantitative estimate of drug-likeness (QED) is 0.325. The third-order valence-corrected chi connectivity index (χ3v) is 0. The second-order valence-electron chi connectivity index (χ2n) is 0.707. The minimum absolute atomic E-state index is 0. The predicted molar refractivity (Wildman–Crippen MR) is 34.8 cm³/mol. The SMILES string of the molecule is C=[C-]C.C=[C-]C.[Mg+2]. The van der Waals surface area contributed by atoms with Crippen LogP contribution in [0.25, 0.3) is 0 Å². The third kappa shape index (κ3) is 1860. The molecule has 0 fully saturated rings. The Morgan fingerprint density at radius 3 is 1.00 bits per heavy atom. The summed E-state index contributed by atoms with van der Waals surface area (Å²) in [5.41, 5.74) is 0. The number of hydrogen-bond acceptors (Lipinski definition) is 0. The monoisotopic (exact) mass is 106 g/mol. The first-order valence-corrected chi connectivity index (χ1v) is 1.71. The zero-order chi connectivity index (χ0) is 5.41. The molecule has 0 unspecified atom stereocenters. The topological polar surface area (TPSA) is 0 Å². The number of rotatable bonds is 0. The summed E-state index contributed by atoms with van der Waals surface area (Å²) in [5, 5.41) is 0. The molecule has 0 aromatic rings. The van der Waals surface area contributed by atoms with Gasteiger partial charge in [0.15, 0.2) is 0 Å². The second-order valence-corrected chi connectivity index (χ2v) is 0.707. The van der Waals surface area contributed by atoms with E-state index < -0.39 is 0 Å². The zero-order valence-corrected chi connectivity index (χ0v) is 6.54. The molecule has 0 nitrogen and oxygen atoms in total. The Balaban J connectivity index is -0.0000000400. The van der Waals surface area contributed by atoms with Gasteiger partial charge in [-0.2, -0.15) is 13.8 Å². The molecule has 0 heterocycles. The first kappa shape index (κ1) is 15.7. The summed E-state index contributed by atoms with van der Waals surface area (Å²) in [6.45, 7) is 10.0. The van der Waals surface area contributed by atoms with Crippen LogP contribution in [-0.2, 0) is 0 Å². The normalized spacial score (nSPS) is 3.71. The molecule has 0 bridgehead atoms. The molecule has 0 atom stereocenters. The van der Waals surface area contributed by atoms with Crippen molar-refractivity contribution in [3.63, 3.8) is 0 Å². The van der Waals surface area contributed by atoms with E-state index in [1.807, 2.05) is 0 Å². The van der Waals surface area contributed by atoms with Gasteiger partial charge in [0.2, 0.25) is 0 Å². The fourth-order valence-corrected chi connectivity index (χ4v) is 0. The van der Waals surface area contributed by atoms with Crippen molar-refractivity contribution in [3.8, 4) is 0 Å². The van der Waals surface area contributed by atoms with E-state index in [0.29, 0.717) is 0 Å². The smallest absolute Gasteiger partial charge is 0.507 e. The molecule has 0 spiro atoms. The molecular formula is C6H10Mg. The van der Waals surface area contributed by atoms with Gasteiger partial charge in [0.25, 0.3) is 0 Å². The van der Waals surface area contributed by atoms with Gasteiger partial charge in [-0.05, 0) is 0 Å². The number of allylic oxidation sites excluding steroid dienone is 2. The van der Waals surface area contributed by atoms with Gasteiger partial charge < -0.3 is 12.2 Å². The molecule has 0 aliphatic heterocycles. The van der Waals surface area contributed by atoms with Crippen LogP contribution in [-0.4, -0.2) is 23.1 Å². The molecule has 0 saturated heterocycles. The average molecular weight is 106 g/mol. The van der Waals surface area contributed by atoms with Gasteiger partial charge in [0, 0.05) is 0 Å². The van der Waals surface area contributed by atoms with E-state index in [4.69, 9.17) is 0 Å². The van der Waals surface area contributed by atoms with Crippen molar-refractivity contribution in [1.29, 1.82) is 0 Å². The Morgan fingerprint density at radius 1 is 1.00 bits per heavy atom. The van der Waals surface area contributed by atoms with Crippen LogP contribution >= 0.6 is 0 Å². The van der Waals surface area contributed by atoms with Crippen molar-refractivity contribution in [3.05, 3.63) is 25.3 Å². The maximum absolute atomic E-state index is 3.24. The maximum Gasteiger partial charge on any atom is 2.00 e. The van der Waals surface area contributed by atoms with E-state index in [2.05, 4.69) is 25.3 Å². The van der Waals surface area contributed by atoms with Gasteiger partial charge in [0.1, 0.15) is 0 Å². The van der Waals surface area contributed by atoms with E-state index in [-0.39, 0.29) is 23.1 Å². The van der Waals surface area contributed by atoms with Gasteiger partial charge in [-0.3, -0.25) is 13.2 Å². The molecule has 0 rings (SSSR count). The molecule has 0 aromatic heterocycles. The van der Waals surface area contributed by atoms with E-state index in [1.54, 1.807) is 13.8 Å². The van der Waals surface area contributed by atoms with Gasteiger partial charge >= 0.3 is 23.1 Å². The summed E-state index contributed by atoms with van der Waals surface area (Å²) in [6.07, 6.45) is 5.00. The van der Waals surface area contributed by atoms with Gasteiger partial charge in [-0.15, -0.1) is 0 Å².